The molecule has 1 atom stereocenters. The number of ether oxygens (including phenoxy) is 3. The lowest BCUT2D eigenvalue weighted by molar-refractivity contribution is -0.167. The molecular formula is C65H118O6. The van der Waals surface area contributed by atoms with E-state index in [1.54, 1.807) is 0 Å². The third kappa shape index (κ3) is 58.1. The van der Waals surface area contributed by atoms with Crippen LogP contribution in [0.5, 0.6) is 0 Å². The van der Waals surface area contributed by atoms with Crippen molar-refractivity contribution >= 4 is 17.9 Å². The van der Waals surface area contributed by atoms with Gasteiger partial charge >= 0.3 is 17.9 Å². The van der Waals surface area contributed by atoms with E-state index in [9.17, 15) is 14.4 Å². The molecule has 0 N–H and O–H groups in total. The molecule has 0 aromatic carbocycles. The predicted octanol–water partition coefficient (Wildman–Crippen LogP) is 21.0. The highest BCUT2D eigenvalue weighted by Gasteiger charge is 2.19. The third-order valence-corrected chi connectivity index (χ3v) is 13.8. The molecule has 6 heteroatoms. The van der Waals surface area contributed by atoms with Gasteiger partial charge in [0.25, 0.3) is 0 Å². The molecule has 6 nitrogen and oxygen atoms in total. The molecule has 0 bridgehead atoms. The van der Waals surface area contributed by atoms with Crippen LogP contribution in [0, 0.1) is 0 Å². The van der Waals surface area contributed by atoms with Crippen molar-refractivity contribution in [3.63, 3.8) is 0 Å². The summed E-state index contributed by atoms with van der Waals surface area (Å²) in [5, 5.41) is 0. The second-order valence-electron chi connectivity index (χ2n) is 21.0. The molecule has 1 unspecified atom stereocenters. The maximum atomic E-state index is 12.9. The Morgan fingerprint density at radius 3 is 0.859 bits per heavy atom. The molecule has 0 aliphatic rings. The fraction of sp³-hybridized carbons (Fsp3) is 0.831. The highest BCUT2D eigenvalue weighted by Crippen LogP contribution is 2.17. The molecule has 0 fully saturated rings. The summed E-state index contributed by atoms with van der Waals surface area (Å²) < 4.78 is 16.9. The summed E-state index contributed by atoms with van der Waals surface area (Å²) in [6, 6.07) is 0. The zero-order valence-corrected chi connectivity index (χ0v) is 47.5. The molecule has 0 spiro atoms. The Bertz CT molecular complexity index is 1230. The van der Waals surface area contributed by atoms with E-state index >= 15 is 0 Å². The van der Waals surface area contributed by atoms with E-state index in [-0.39, 0.29) is 31.1 Å². The lowest BCUT2D eigenvalue weighted by atomic mass is 10.0. The van der Waals surface area contributed by atoms with Crippen LogP contribution in [0.25, 0.3) is 0 Å². The Morgan fingerprint density at radius 1 is 0.296 bits per heavy atom. The molecule has 0 aliphatic heterocycles. The van der Waals surface area contributed by atoms with Gasteiger partial charge in [-0.3, -0.25) is 14.4 Å². The van der Waals surface area contributed by atoms with Crippen molar-refractivity contribution in [3.8, 4) is 0 Å². The van der Waals surface area contributed by atoms with E-state index in [0.717, 1.165) is 83.5 Å². The van der Waals surface area contributed by atoms with Crippen LogP contribution < -0.4 is 0 Å². The molecule has 0 saturated heterocycles. The summed E-state index contributed by atoms with van der Waals surface area (Å²) in [6.07, 6.45) is 74.0. The van der Waals surface area contributed by atoms with Gasteiger partial charge in [0.15, 0.2) is 6.10 Å². The summed E-state index contributed by atoms with van der Waals surface area (Å²) in [7, 11) is 0. The second-order valence-corrected chi connectivity index (χ2v) is 21.0. The minimum atomic E-state index is -0.771. The number of esters is 3. The number of rotatable bonds is 57. The summed E-state index contributed by atoms with van der Waals surface area (Å²) in [4.78, 5) is 38.2. The zero-order chi connectivity index (χ0) is 51.4. The Balaban J connectivity index is 4.25. The maximum Gasteiger partial charge on any atom is 0.306 e. The molecule has 0 rings (SSSR count). The van der Waals surface area contributed by atoms with Gasteiger partial charge in [0.05, 0.1) is 0 Å². The van der Waals surface area contributed by atoms with Crippen molar-refractivity contribution in [2.24, 2.45) is 0 Å². The van der Waals surface area contributed by atoms with E-state index in [2.05, 4.69) is 69.4 Å². The van der Waals surface area contributed by atoms with Crippen molar-refractivity contribution in [1.29, 1.82) is 0 Å². The highest BCUT2D eigenvalue weighted by atomic mass is 16.6. The van der Waals surface area contributed by atoms with Crippen molar-refractivity contribution < 1.29 is 28.6 Å². The van der Waals surface area contributed by atoms with Crippen molar-refractivity contribution in [2.75, 3.05) is 13.2 Å². The molecule has 0 aromatic heterocycles. The topological polar surface area (TPSA) is 78.9 Å². The average Bonchev–Trinajstić information content (AvgIpc) is 3.37. The molecule has 0 amide bonds. The van der Waals surface area contributed by atoms with E-state index in [0.29, 0.717) is 19.3 Å². The Morgan fingerprint density at radius 2 is 0.549 bits per heavy atom. The number of unbranched alkanes of at least 4 members (excludes halogenated alkanes) is 38. The Labute approximate surface area is 441 Å². The van der Waals surface area contributed by atoms with Crippen LogP contribution >= 0.6 is 0 Å². The van der Waals surface area contributed by atoms with Crippen LogP contribution in [0.15, 0.2) is 48.6 Å². The number of allylic oxidation sites excluding steroid dienone is 8. The second kappa shape index (κ2) is 59.9. The highest BCUT2D eigenvalue weighted by molar-refractivity contribution is 5.71. The zero-order valence-electron chi connectivity index (χ0n) is 47.5. The summed E-state index contributed by atoms with van der Waals surface area (Å²) in [5.41, 5.74) is 0. The monoisotopic (exact) mass is 995 g/mol. The van der Waals surface area contributed by atoms with Crippen molar-refractivity contribution in [2.45, 2.75) is 335 Å². The predicted molar refractivity (Wildman–Crippen MR) is 307 cm³/mol. The van der Waals surface area contributed by atoms with E-state index in [1.807, 2.05) is 0 Å². The smallest absolute Gasteiger partial charge is 0.306 e. The fourth-order valence-corrected chi connectivity index (χ4v) is 9.20. The molecule has 0 aliphatic carbocycles. The van der Waals surface area contributed by atoms with Crippen LogP contribution in [-0.2, 0) is 28.6 Å². The van der Waals surface area contributed by atoms with Gasteiger partial charge in [-0.2, -0.15) is 0 Å². The maximum absolute atomic E-state index is 12.9. The van der Waals surface area contributed by atoms with Gasteiger partial charge in [-0.15, -0.1) is 0 Å². The van der Waals surface area contributed by atoms with Crippen molar-refractivity contribution in [3.05, 3.63) is 48.6 Å². The van der Waals surface area contributed by atoms with E-state index in [4.69, 9.17) is 14.2 Å². The minimum absolute atomic E-state index is 0.0691. The van der Waals surface area contributed by atoms with Gasteiger partial charge in [0.2, 0.25) is 0 Å². The summed E-state index contributed by atoms with van der Waals surface area (Å²) in [5.74, 6) is -0.853. The van der Waals surface area contributed by atoms with Crippen LogP contribution in [0.4, 0.5) is 0 Å². The van der Waals surface area contributed by atoms with Crippen LogP contribution in [0.3, 0.4) is 0 Å². The molecule has 0 saturated carbocycles. The fourth-order valence-electron chi connectivity index (χ4n) is 9.20. The normalized spacial score (nSPS) is 12.3. The van der Waals surface area contributed by atoms with Gasteiger partial charge < -0.3 is 14.2 Å². The van der Waals surface area contributed by atoms with Gasteiger partial charge in [-0.25, -0.2) is 0 Å². The van der Waals surface area contributed by atoms with Crippen LogP contribution in [0.1, 0.15) is 329 Å². The summed E-state index contributed by atoms with van der Waals surface area (Å²) >= 11 is 0. The van der Waals surface area contributed by atoms with Gasteiger partial charge in [-0.05, 0) is 57.8 Å². The van der Waals surface area contributed by atoms with Crippen LogP contribution in [0.2, 0.25) is 0 Å². The Hall–Kier alpha value is -2.63. The lowest BCUT2D eigenvalue weighted by Crippen LogP contribution is -2.30. The first-order valence-corrected chi connectivity index (χ1v) is 31.1. The molecular weight excluding hydrogens is 877 g/mol. The average molecular weight is 996 g/mol. The quantitative estimate of drug-likeness (QED) is 0.0261. The number of hydrogen-bond donors (Lipinski definition) is 0. The molecule has 0 aromatic rings. The van der Waals surface area contributed by atoms with Crippen LogP contribution in [-0.4, -0.2) is 37.2 Å². The molecule has 0 heterocycles. The van der Waals surface area contributed by atoms with Crippen molar-refractivity contribution in [1.82, 2.24) is 0 Å². The largest absolute Gasteiger partial charge is 0.462 e. The minimum Gasteiger partial charge on any atom is -0.462 e. The third-order valence-electron chi connectivity index (χ3n) is 13.8. The standard InChI is InChI=1S/C65H118O6/c1-4-7-10-13-16-19-22-24-26-28-30-31-32-33-35-36-38-40-43-46-49-52-55-58-64(67)70-61-62(60-69-63(66)57-54-51-48-45-42-21-18-15-12-9-6-3)71-65(68)59-56-53-50-47-44-41-39-37-34-29-27-25-23-20-17-14-11-8-5-2/h7,10,16,19,24,26,30-31,62H,4-6,8-9,11-15,17-18,20-23,25,27-29,32-61H2,1-3H3/b10-7-,19-16-,26-24-,31-30-. The molecule has 71 heavy (non-hydrogen) atoms. The van der Waals surface area contributed by atoms with Gasteiger partial charge in [-0.1, -0.05) is 301 Å². The Kier molecular flexibility index (Phi) is 57.7. The molecule has 414 valence electrons. The SMILES string of the molecule is CC/C=C\C/C=C\C/C=C\C/C=C\CCCCCCCCCCCCC(=O)OCC(COC(=O)CCCCCCCCCCCCC)OC(=O)CCCCCCCCCCCCCCCCCCCCC. The number of carbonyl (C=O) groups is 3. The number of hydrogen-bond acceptors (Lipinski definition) is 6. The van der Waals surface area contributed by atoms with Gasteiger partial charge in [0.1, 0.15) is 13.2 Å². The molecule has 0 radical (unpaired) electrons. The first-order valence-electron chi connectivity index (χ1n) is 31.1. The number of carbonyl (C=O) groups excluding carboxylic acids is 3. The summed E-state index contributed by atoms with van der Waals surface area (Å²) in [6.45, 7) is 6.57. The van der Waals surface area contributed by atoms with E-state index < -0.39 is 6.10 Å². The van der Waals surface area contributed by atoms with E-state index in [1.165, 1.54) is 205 Å². The lowest BCUT2D eigenvalue weighted by Gasteiger charge is -2.18. The first kappa shape index (κ1) is 68.4. The first-order chi connectivity index (χ1) is 35.0. The van der Waals surface area contributed by atoms with Gasteiger partial charge in [0, 0.05) is 19.3 Å².